The summed E-state index contributed by atoms with van der Waals surface area (Å²) in [6, 6.07) is 0. The third kappa shape index (κ3) is 2.64. The molecule has 0 amide bonds. The van der Waals surface area contributed by atoms with Gasteiger partial charge in [-0.1, -0.05) is 0 Å². The molecule has 1 heterocycles. The molecule has 0 unspecified atom stereocenters. The molecule has 1 aromatic heterocycles. The van der Waals surface area contributed by atoms with Crippen LogP contribution in [0.4, 0.5) is 0 Å². The van der Waals surface area contributed by atoms with Gasteiger partial charge in [-0.2, -0.15) is 0 Å². The predicted octanol–water partition coefficient (Wildman–Crippen LogP) is -0.329. The highest BCUT2D eigenvalue weighted by Crippen LogP contribution is 1.97. The number of Topliss-reactive ketones (excluding diaryl/α,β-unsaturated/α-hetero) is 1. The van der Waals surface area contributed by atoms with E-state index in [9.17, 15) is 4.79 Å². The maximum atomic E-state index is 11.2. The van der Waals surface area contributed by atoms with Crippen molar-refractivity contribution in [1.82, 2.24) is 9.55 Å². The minimum atomic E-state index is -0.113. The molecule has 0 bridgehead atoms. The van der Waals surface area contributed by atoms with Gasteiger partial charge in [-0.3, -0.25) is 4.79 Å². The average Bonchev–Trinajstić information content (AvgIpc) is 2.54. The van der Waals surface area contributed by atoms with Gasteiger partial charge in [-0.05, 0) is 0 Å². The Morgan fingerprint density at radius 2 is 2.54 bits per heavy atom. The Balaban J connectivity index is 2.62. The van der Waals surface area contributed by atoms with Crippen LogP contribution < -0.4 is 5.73 Å². The number of hydrogen-bond acceptors (Lipinski definition) is 4. The quantitative estimate of drug-likeness (QED) is 0.634. The summed E-state index contributed by atoms with van der Waals surface area (Å²) in [5.41, 5.74) is 5.77. The second kappa shape index (κ2) is 4.74. The number of carbonyl (C=O) groups is 1. The Bertz CT molecular complexity index is 283. The minimum Gasteiger partial charge on any atom is -0.376 e. The van der Waals surface area contributed by atoms with Crippen molar-refractivity contribution in [1.29, 1.82) is 0 Å². The van der Waals surface area contributed by atoms with Crippen LogP contribution in [0, 0.1) is 0 Å². The van der Waals surface area contributed by atoms with Crippen LogP contribution in [0.5, 0.6) is 0 Å². The molecular formula is C8H13N3O2. The lowest BCUT2D eigenvalue weighted by molar-refractivity contribution is 0.0843. The van der Waals surface area contributed by atoms with E-state index in [1.54, 1.807) is 17.1 Å². The van der Waals surface area contributed by atoms with Crippen molar-refractivity contribution >= 4 is 5.78 Å². The topological polar surface area (TPSA) is 70.1 Å². The molecule has 5 nitrogen and oxygen atoms in total. The van der Waals surface area contributed by atoms with E-state index >= 15 is 0 Å². The van der Waals surface area contributed by atoms with Gasteiger partial charge in [0.05, 0.1) is 6.33 Å². The van der Waals surface area contributed by atoms with Crippen molar-refractivity contribution in [3.8, 4) is 0 Å². The molecule has 0 saturated carbocycles. The van der Waals surface area contributed by atoms with Crippen LogP contribution in [0.2, 0.25) is 0 Å². The molecule has 13 heavy (non-hydrogen) atoms. The number of nitrogens with two attached hydrogens (primary N) is 1. The first-order chi connectivity index (χ1) is 6.27. The number of methoxy groups -OCH3 is 1. The van der Waals surface area contributed by atoms with Crippen molar-refractivity contribution in [2.45, 2.75) is 6.54 Å². The molecular weight excluding hydrogens is 170 g/mol. The van der Waals surface area contributed by atoms with E-state index in [2.05, 4.69) is 4.98 Å². The number of nitrogens with zero attached hydrogens (tertiary/aromatic N) is 2. The van der Waals surface area contributed by atoms with Crippen molar-refractivity contribution in [3.05, 3.63) is 18.2 Å². The van der Waals surface area contributed by atoms with Crippen molar-refractivity contribution in [2.75, 3.05) is 20.3 Å². The fourth-order valence-corrected chi connectivity index (χ4v) is 0.980. The first-order valence-electron chi connectivity index (χ1n) is 4.02. The zero-order chi connectivity index (χ0) is 9.68. The molecule has 2 N–H and O–H groups in total. The third-order valence-corrected chi connectivity index (χ3v) is 1.58. The highest BCUT2D eigenvalue weighted by molar-refractivity contribution is 5.95. The number of hydrogen-bond donors (Lipinski definition) is 1. The summed E-state index contributed by atoms with van der Waals surface area (Å²) in [5.74, 6) is -0.113. The number of imidazole rings is 1. The molecule has 0 saturated heterocycles. The normalized spacial score (nSPS) is 10.3. The number of aromatic nitrogens is 2. The van der Waals surface area contributed by atoms with E-state index in [0.29, 0.717) is 18.8 Å². The van der Waals surface area contributed by atoms with Gasteiger partial charge in [0, 0.05) is 26.4 Å². The average molecular weight is 183 g/mol. The summed E-state index contributed by atoms with van der Waals surface area (Å²) in [5, 5.41) is 0. The Labute approximate surface area is 76.5 Å². The molecule has 0 radical (unpaired) electrons. The lowest BCUT2D eigenvalue weighted by atomic mass is 10.3. The van der Waals surface area contributed by atoms with Crippen molar-refractivity contribution in [3.63, 3.8) is 0 Å². The van der Waals surface area contributed by atoms with Gasteiger partial charge in [0.25, 0.3) is 0 Å². The van der Waals surface area contributed by atoms with Gasteiger partial charge in [-0.25, -0.2) is 4.98 Å². The van der Waals surface area contributed by atoms with E-state index in [1.165, 1.54) is 7.11 Å². The predicted molar refractivity (Wildman–Crippen MR) is 47.5 cm³/mol. The number of ketones is 1. The van der Waals surface area contributed by atoms with E-state index in [0.717, 1.165) is 0 Å². The van der Waals surface area contributed by atoms with Crippen LogP contribution in [0.3, 0.4) is 0 Å². The molecule has 1 aromatic rings. The van der Waals surface area contributed by atoms with E-state index in [4.69, 9.17) is 10.5 Å². The molecule has 5 heteroatoms. The Morgan fingerprint density at radius 1 is 1.77 bits per heavy atom. The number of rotatable bonds is 5. The molecule has 0 aliphatic rings. The molecule has 0 atom stereocenters. The van der Waals surface area contributed by atoms with Crippen LogP contribution in [0.25, 0.3) is 0 Å². The smallest absolute Gasteiger partial charge is 0.208 e. The maximum Gasteiger partial charge on any atom is 0.208 e. The molecule has 0 aliphatic heterocycles. The van der Waals surface area contributed by atoms with Gasteiger partial charge in [0.2, 0.25) is 5.78 Å². The van der Waals surface area contributed by atoms with E-state index in [-0.39, 0.29) is 12.4 Å². The third-order valence-electron chi connectivity index (χ3n) is 1.58. The molecule has 0 aliphatic carbocycles. The van der Waals surface area contributed by atoms with E-state index in [1.807, 2.05) is 0 Å². The molecule has 0 fully saturated rings. The zero-order valence-electron chi connectivity index (χ0n) is 7.56. The first kappa shape index (κ1) is 9.88. The van der Waals surface area contributed by atoms with Crippen molar-refractivity contribution in [2.24, 2.45) is 5.73 Å². The number of carbonyl (C=O) groups excluding carboxylic acids is 1. The SMILES string of the molecule is COCC(=O)c1cn(CCN)cn1. The summed E-state index contributed by atoms with van der Waals surface area (Å²) in [6.07, 6.45) is 3.27. The van der Waals surface area contributed by atoms with Crippen LogP contribution in [0.1, 0.15) is 10.5 Å². The van der Waals surface area contributed by atoms with Crippen LogP contribution in [0.15, 0.2) is 12.5 Å². The Kier molecular flexibility index (Phi) is 3.60. The van der Waals surface area contributed by atoms with Gasteiger partial charge in [0.1, 0.15) is 12.3 Å². The van der Waals surface area contributed by atoms with Crippen LogP contribution in [-0.2, 0) is 11.3 Å². The molecule has 0 spiro atoms. The van der Waals surface area contributed by atoms with Crippen molar-refractivity contribution < 1.29 is 9.53 Å². The standard InChI is InChI=1S/C8H13N3O2/c1-13-5-8(12)7-4-11(3-2-9)6-10-7/h4,6H,2-3,5,9H2,1H3. The fraction of sp³-hybridized carbons (Fsp3) is 0.500. The second-order valence-corrected chi connectivity index (χ2v) is 2.64. The lowest BCUT2D eigenvalue weighted by Crippen LogP contribution is -2.09. The van der Waals surface area contributed by atoms with Gasteiger partial charge >= 0.3 is 0 Å². The minimum absolute atomic E-state index is 0.0691. The highest BCUT2D eigenvalue weighted by Gasteiger charge is 2.07. The zero-order valence-corrected chi connectivity index (χ0v) is 7.56. The summed E-state index contributed by atoms with van der Waals surface area (Å²) >= 11 is 0. The van der Waals surface area contributed by atoms with Gasteiger partial charge in [-0.15, -0.1) is 0 Å². The number of ether oxygens (including phenoxy) is 1. The Morgan fingerprint density at radius 3 is 3.15 bits per heavy atom. The lowest BCUT2D eigenvalue weighted by Gasteiger charge is -1.95. The monoisotopic (exact) mass is 183 g/mol. The Hall–Kier alpha value is -1.20. The fourth-order valence-electron chi connectivity index (χ4n) is 0.980. The largest absolute Gasteiger partial charge is 0.376 e. The second-order valence-electron chi connectivity index (χ2n) is 2.64. The molecule has 72 valence electrons. The summed E-state index contributed by atoms with van der Waals surface area (Å²) in [4.78, 5) is 15.2. The highest BCUT2D eigenvalue weighted by atomic mass is 16.5. The molecule has 0 aromatic carbocycles. The van der Waals surface area contributed by atoms with Crippen LogP contribution in [-0.4, -0.2) is 35.6 Å². The van der Waals surface area contributed by atoms with E-state index < -0.39 is 0 Å². The van der Waals surface area contributed by atoms with Gasteiger partial charge in [0.15, 0.2) is 0 Å². The summed E-state index contributed by atoms with van der Waals surface area (Å²) < 4.78 is 6.48. The first-order valence-corrected chi connectivity index (χ1v) is 4.02. The van der Waals surface area contributed by atoms with Gasteiger partial charge < -0.3 is 15.0 Å². The molecule has 1 rings (SSSR count). The maximum absolute atomic E-state index is 11.2. The summed E-state index contributed by atoms with van der Waals surface area (Å²) in [6.45, 7) is 1.28. The van der Waals surface area contributed by atoms with Crippen LogP contribution >= 0.6 is 0 Å². The summed E-state index contributed by atoms with van der Waals surface area (Å²) in [7, 11) is 1.48.